The number of Topliss-reactive ketones (excluding diaryl/α,β-unsaturated/α-hetero) is 2. The van der Waals surface area contributed by atoms with Crippen LogP contribution in [-0.4, -0.2) is 30.1 Å². The Balaban J connectivity index is 0. The van der Waals surface area contributed by atoms with E-state index in [-0.39, 0.29) is 35.7 Å². The van der Waals surface area contributed by atoms with Crippen LogP contribution in [-0.2, 0) is 14.4 Å². The minimum atomic E-state index is -0.523. The fourth-order valence-corrected chi connectivity index (χ4v) is 2.30. The zero-order chi connectivity index (χ0) is 21.1. The topological polar surface area (TPSA) is 89.3 Å². The lowest BCUT2D eigenvalue weighted by atomic mass is 9.78. The van der Waals surface area contributed by atoms with Crippen LogP contribution in [0.25, 0.3) is 0 Å². The minimum absolute atomic E-state index is 0.0582. The van der Waals surface area contributed by atoms with Crippen LogP contribution in [0.2, 0.25) is 0 Å². The van der Waals surface area contributed by atoms with Gasteiger partial charge in [-0.3, -0.25) is 14.4 Å². The largest absolute Gasteiger partial charge is 0.356 e. The van der Waals surface area contributed by atoms with Gasteiger partial charge in [0.2, 0.25) is 5.91 Å². The van der Waals surface area contributed by atoms with Crippen molar-refractivity contribution in [1.82, 2.24) is 5.32 Å². The van der Waals surface area contributed by atoms with Crippen LogP contribution in [0.5, 0.6) is 0 Å². The van der Waals surface area contributed by atoms with Crippen LogP contribution < -0.4 is 11.1 Å². The molecule has 0 aliphatic carbocycles. The number of nitrogens with two attached hydrogens (primary N) is 1. The lowest BCUT2D eigenvalue weighted by Crippen LogP contribution is -2.39. The molecule has 0 rings (SSSR count). The first-order valence-corrected chi connectivity index (χ1v) is 9.77. The predicted octanol–water partition coefficient (Wildman–Crippen LogP) is 3.74. The Morgan fingerprint density at radius 3 is 1.81 bits per heavy atom. The van der Waals surface area contributed by atoms with Crippen molar-refractivity contribution in [3.8, 4) is 0 Å². The fourth-order valence-electron chi connectivity index (χ4n) is 2.30. The van der Waals surface area contributed by atoms with Crippen LogP contribution >= 0.6 is 0 Å². The van der Waals surface area contributed by atoms with Gasteiger partial charge in [-0.15, -0.1) is 0 Å². The molecule has 5 nitrogen and oxygen atoms in total. The summed E-state index contributed by atoms with van der Waals surface area (Å²) in [5.74, 6) is 0.511. The molecule has 0 aromatic carbocycles. The van der Waals surface area contributed by atoms with Crippen LogP contribution in [0.15, 0.2) is 0 Å². The van der Waals surface area contributed by atoms with Crippen LogP contribution in [0, 0.1) is 23.2 Å². The third-order valence-corrected chi connectivity index (χ3v) is 3.75. The van der Waals surface area contributed by atoms with E-state index in [0.29, 0.717) is 19.4 Å². The van der Waals surface area contributed by atoms with Crippen LogP contribution in [0.4, 0.5) is 0 Å². The van der Waals surface area contributed by atoms with Crippen molar-refractivity contribution in [2.75, 3.05) is 6.54 Å². The van der Waals surface area contributed by atoms with E-state index in [2.05, 4.69) is 26.1 Å². The maximum Gasteiger partial charge on any atom is 0.216 e. The lowest BCUT2D eigenvalue weighted by Gasteiger charge is -2.25. The van der Waals surface area contributed by atoms with Crippen molar-refractivity contribution >= 4 is 17.5 Å². The number of nitrogens with one attached hydrogen (secondary N) is 1. The predicted molar refractivity (Wildman–Crippen MR) is 109 cm³/mol. The second-order valence-electron chi connectivity index (χ2n) is 9.11. The van der Waals surface area contributed by atoms with Gasteiger partial charge in [0.05, 0.1) is 6.04 Å². The maximum atomic E-state index is 12.5. The van der Waals surface area contributed by atoms with Crippen molar-refractivity contribution in [2.24, 2.45) is 28.9 Å². The summed E-state index contributed by atoms with van der Waals surface area (Å²) in [6.07, 6.45) is 1.46. The van der Waals surface area contributed by atoms with Gasteiger partial charge in [0.25, 0.3) is 0 Å². The van der Waals surface area contributed by atoms with Crippen molar-refractivity contribution in [3.05, 3.63) is 0 Å². The summed E-state index contributed by atoms with van der Waals surface area (Å²) < 4.78 is 0. The quantitative estimate of drug-likeness (QED) is 0.605. The van der Waals surface area contributed by atoms with Crippen molar-refractivity contribution in [1.29, 1.82) is 0 Å². The highest BCUT2D eigenvalue weighted by molar-refractivity contribution is 5.92. The molecule has 0 radical (unpaired) electrons. The smallest absolute Gasteiger partial charge is 0.216 e. The van der Waals surface area contributed by atoms with E-state index in [1.807, 2.05) is 34.6 Å². The molecule has 0 spiro atoms. The molecule has 26 heavy (non-hydrogen) atoms. The van der Waals surface area contributed by atoms with E-state index in [1.54, 1.807) is 0 Å². The summed E-state index contributed by atoms with van der Waals surface area (Å²) in [5, 5.41) is 2.71. The molecule has 0 aromatic heterocycles. The van der Waals surface area contributed by atoms with Crippen LogP contribution in [0.3, 0.4) is 0 Å². The van der Waals surface area contributed by atoms with E-state index in [9.17, 15) is 14.4 Å². The van der Waals surface area contributed by atoms with E-state index in [4.69, 9.17) is 5.73 Å². The zero-order valence-electron chi connectivity index (χ0n) is 18.4. The van der Waals surface area contributed by atoms with E-state index in [0.717, 1.165) is 5.92 Å². The normalized spacial score (nSPS) is 13.7. The molecule has 0 heterocycles. The van der Waals surface area contributed by atoms with Gasteiger partial charge in [0, 0.05) is 31.2 Å². The molecular formula is C21H42N2O3. The van der Waals surface area contributed by atoms with Crippen LogP contribution in [0.1, 0.15) is 81.6 Å². The SMILES string of the molecule is CC(=O)NCCCC(CC(=O)C(N)C(C)C)C(=O)C(C)(C)C.CC(C)C. The average Bonchev–Trinajstić information content (AvgIpc) is 2.46. The fraction of sp³-hybridized carbons (Fsp3) is 0.857. The molecule has 0 saturated heterocycles. The number of hydrogen-bond acceptors (Lipinski definition) is 4. The summed E-state index contributed by atoms with van der Waals surface area (Å²) in [4.78, 5) is 35.6. The number of amides is 1. The van der Waals surface area contributed by atoms with Crippen molar-refractivity contribution in [2.45, 2.75) is 87.6 Å². The molecule has 0 saturated carbocycles. The molecule has 154 valence electrons. The second kappa shape index (κ2) is 13.0. The minimum Gasteiger partial charge on any atom is -0.356 e. The molecule has 0 aromatic rings. The van der Waals surface area contributed by atoms with Gasteiger partial charge < -0.3 is 11.1 Å². The van der Waals surface area contributed by atoms with Gasteiger partial charge in [-0.2, -0.15) is 0 Å². The Bertz CT molecular complexity index is 434. The Morgan fingerprint density at radius 1 is 1.00 bits per heavy atom. The molecule has 5 heteroatoms. The Kier molecular flexibility index (Phi) is 13.5. The maximum absolute atomic E-state index is 12.5. The molecular weight excluding hydrogens is 328 g/mol. The number of carbonyl (C=O) groups excluding carboxylic acids is 3. The van der Waals surface area contributed by atoms with Gasteiger partial charge in [-0.05, 0) is 24.7 Å². The molecule has 0 aliphatic rings. The third-order valence-electron chi connectivity index (χ3n) is 3.75. The first kappa shape index (κ1) is 27.0. The highest BCUT2D eigenvalue weighted by atomic mass is 16.1. The first-order chi connectivity index (χ1) is 11.7. The van der Waals surface area contributed by atoms with Gasteiger partial charge >= 0.3 is 0 Å². The zero-order valence-corrected chi connectivity index (χ0v) is 18.4. The summed E-state index contributed by atoms with van der Waals surface area (Å²) in [5.41, 5.74) is 5.41. The molecule has 3 N–H and O–H groups in total. The molecule has 2 atom stereocenters. The molecule has 0 aliphatic heterocycles. The van der Waals surface area contributed by atoms with E-state index >= 15 is 0 Å². The van der Waals surface area contributed by atoms with Crippen molar-refractivity contribution in [3.63, 3.8) is 0 Å². The molecule has 0 fully saturated rings. The lowest BCUT2D eigenvalue weighted by molar-refractivity contribution is -0.134. The number of rotatable bonds is 9. The average molecular weight is 371 g/mol. The Labute approximate surface area is 160 Å². The van der Waals surface area contributed by atoms with E-state index < -0.39 is 11.5 Å². The molecule has 1 amide bonds. The monoisotopic (exact) mass is 370 g/mol. The summed E-state index contributed by atoms with van der Waals surface area (Å²) in [7, 11) is 0. The standard InChI is InChI=1S/C17H32N2O3.C4H10/c1-11(2)15(18)14(21)10-13(16(22)17(4,5)6)8-7-9-19-12(3)20;1-4(2)3/h11,13,15H,7-10,18H2,1-6H3,(H,19,20);4H,1-3H3. The van der Waals surface area contributed by atoms with Gasteiger partial charge in [0.15, 0.2) is 5.78 Å². The third kappa shape index (κ3) is 14.0. The molecule has 0 bridgehead atoms. The second-order valence-corrected chi connectivity index (χ2v) is 9.11. The van der Waals surface area contributed by atoms with Crippen molar-refractivity contribution < 1.29 is 14.4 Å². The van der Waals surface area contributed by atoms with Gasteiger partial charge in [-0.25, -0.2) is 0 Å². The highest BCUT2D eigenvalue weighted by Crippen LogP contribution is 2.26. The number of hydrogen-bond donors (Lipinski definition) is 2. The summed E-state index contributed by atoms with van der Waals surface area (Å²) in [6.45, 7) is 17.9. The Hall–Kier alpha value is -1.23. The Morgan fingerprint density at radius 2 is 1.46 bits per heavy atom. The number of ketones is 2. The number of carbonyl (C=O) groups is 3. The molecule has 2 unspecified atom stereocenters. The first-order valence-electron chi connectivity index (χ1n) is 9.77. The van der Waals surface area contributed by atoms with E-state index in [1.165, 1.54) is 6.92 Å². The van der Waals surface area contributed by atoms with Gasteiger partial charge in [0.1, 0.15) is 5.78 Å². The summed E-state index contributed by atoms with van der Waals surface area (Å²) >= 11 is 0. The highest BCUT2D eigenvalue weighted by Gasteiger charge is 2.32. The van der Waals surface area contributed by atoms with Gasteiger partial charge in [-0.1, -0.05) is 55.4 Å². The summed E-state index contributed by atoms with van der Waals surface area (Å²) in [6, 6.07) is -0.523.